The third-order valence-corrected chi connectivity index (χ3v) is 5.42. The molecule has 0 aromatic rings. The molecule has 1 atom stereocenters. The molecule has 0 spiro atoms. The highest BCUT2D eigenvalue weighted by Crippen LogP contribution is 2.61. The predicted octanol–water partition coefficient (Wildman–Crippen LogP) is 2.99. The van der Waals surface area contributed by atoms with Crippen LogP contribution in [0.4, 0.5) is 0 Å². The average Bonchev–Trinajstić information content (AvgIpc) is 2.27. The van der Waals surface area contributed by atoms with Gasteiger partial charge in [0.15, 0.2) is 0 Å². The van der Waals surface area contributed by atoms with Crippen molar-refractivity contribution in [1.29, 1.82) is 0 Å². The van der Waals surface area contributed by atoms with Crippen LogP contribution in [0.3, 0.4) is 0 Å². The molecule has 0 aromatic heterocycles. The van der Waals surface area contributed by atoms with Gasteiger partial charge in [0.1, 0.15) is 0 Å². The lowest BCUT2D eigenvalue weighted by Crippen LogP contribution is -2.52. The molecule has 2 heteroatoms. The van der Waals surface area contributed by atoms with E-state index in [4.69, 9.17) is 4.74 Å². The van der Waals surface area contributed by atoms with E-state index in [1.165, 1.54) is 38.5 Å². The Hall–Kier alpha value is -0.0800. The van der Waals surface area contributed by atoms with Crippen molar-refractivity contribution in [3.63, 3.8) is 0 Å². The van der Waals surface area contributed by atoms with E-state index < -0.39 is 0 Å². The number of aliphatic hydroxyl groups excluding tert-OH is 1. The van der Waals surface area contributed by atoms with Gasteiger partial charge in [-0.25, -0.2) is 0 Å². The van der Waals surface area contributed by atoms with Gasteiger partial charge >= 0.3 is 0 Å². The summed E-state index contributed by atoms with van der Waals surface area (Å²) < 4.78 is 5.58. The third-order valence-electron chi connectivity index (χ3n) is 5.42. The van der Waals surface area contributed by atoms with Gasteiger partial charge in [-0.1, -0.05) is 6.92 Å². The van der Waals surface area contributed by atoms with E-state index in [9.17, 15) is 5.11 Å². The van der Waals surface area contributed by atoms with Crippen LogP contribution >= 0.6 is 0 Å². The fourth-order valence-electron chi connectivity index (χ4n) is 5.10. The number of rotatable bonds is 5. The van der Waals surface area contributed by atoms with Crippen LogP contribution in [0, 0.1) is 23.2 Å². The molecular formula is C15H26O2. The molecule has 1 unspecified atom stereocenters. The second-order valence-electron chi connectivity index (χ2n) is 6.87. The van der Waals surface area contributed by atoms with Gasteiger partial charge in [-0.05, 0) is 68.1 Å². The second-order valence-corrected chi connectivity index (χ2v) is 6.87. The monoisotopic (exact) mass is 238 g/mol. The summed E-state index contributed by atoms with van der Waals surface area (Å²) in [4.78, 5) is 0. The second kappa shape index (κ2) is 4.55. The minimum absolute atomic E-state index is 0.206. The highest BCUT2D eigenvalue weighted by Gasteiger charge is 2.53. The van der Waals surface area contributed by atoms with Crippen molar-refractivity contribution in [3.05, 3.63) is 0 Å². The Kier molecular flexibility index (Phi) is 3.20. The maximum atomic E-state index is 10.5. The van der Waals surface area contributed by atoms with Crippen molar-refractivity contribution in [1.82, 2.24) is 0 Å². The maximum Gasteiger partial charge on any atom is 0.0829 e. The zero-order valence-corrected chi connectivity index (χ0v) is 11.0. The van der Waals surface area contributed by atoms with Crippen molar-refractivity contribution in [2.24, 2.45) is 23.2 Å². The SMILES string of the molecule is CCCOCC(O)C12CC3CC(CC(C3)C1)C2. The lowest BCUT2D eigenvalue weighted by molar-refractivity contribution is -0.139. The summed E-state index contributed by atoms with van der Waals surface area (Å²) >= 11 is 0. The van der Waals surface area contributed by atoms with Crippen molar-refractivity contribution >= 4 is 0 Å². The van der Waals surface area contributed by atoms with Crippen molar-refractivity contribution < 1.29 is 9.84 Å². The molecule has 2 nitrogen and oxygen atoms in total. The maximum absolute atomic E-state index is 10.5. The Morgan fingerprint density at radius 2 is 1.65 bits per heavy atom. The molecule has 0 saturated heterocycles. The standard InChI is InChI=1S/C15H26O2/c1-2-3-17-10-14(16)15-7-11-4-12(8-15)6-13(5-11)9-15/h11-14,16H,2-10H2,1H3. The summed E-state index contributed by atoms with van der Waals surface area (Å²) in [7, 11) is 0. The lowest BCUT2D eigenvalue weighted by atomic mass is 9.48. The first-order chi connectivity index (χ1) is 8.22. The molecular weight excluding hydrogens is 212 g/mol. The molecule has 4 fully saturated rings. The molecule has 4 saturated carbocycles. The molecule has 4 bridgehead atoms. The zero-order valence-electron chi connectivity index (χ0n) is 11.0. The van der Waals surface area contributed by atoms with Crippen LogP contribution in [-0.4, -0.2) is 24.4 Å². The van der Waals surface area contributed by atoms with Crippen LogP contribution < -0.4 is 0 Å². The molecule has 17 heavy (non-hydrogen) atoms. The van der Waals surface area contributed by atoms with Crippen molar-refractivity contribution in [2.75, 3.05) is 13.2 Å². The van der Waals surface area contributed by atoms with Crippen molar-refractivity contribution in [2.45, 2.75) is 58.0 Å². The highest BCUT2D eigenvalue weighted by molar-refractivity contribution is 5.04. The minimum Gasteiger partial charge on any atom is -0.390 e. The molecule has 4 aliphatic carbocycles. The summed E-state index contributed by atoms with van der Waals surface area (Å²) in [5, 5.41) is 10.5. The summed E-state index contributed by atoms with van der Waals surface area (Å²) in [5.41, 5.74) is 0.239. The van der Waals surface area contributed by atoms with Gasteiger partial charge in [-0.15, -0.1) is 0 Å². The molecule has 0 heterocycles. The normalized spacial score (nSPS) is 45.2. The number of hydrogen-bond acceptors (Lipinski definition) is 2. The predicted molar refractivity (Wildman–Crippen MR) is 67.7 cm³/mol. The Morgan fingerprint density at radius 3 is 2.12 bits per heavy atom. The first-order valence-corrected chi connectivity index (χ1v) is 7.47. The molecule has 0 amide bonds. The van der Waals surface area contributed by atoms with Gasteiger partial charge in [-0.3, -0.25) is 0 Å². The van der Waals surface area contributed by atoms with Gasteiger partial charge in [0.2, 0.25) is 0 Å². The first kappa shape index (κ1) is 12.0. The largest absolute Gasteiger partial charge is 0.390 e. The van der Waals surface area contributed by atoms with Gasteiger partial charge in [-0.2, -0.15) is 0 Å². The molecule has 4 rings (SSSR count). The quantitative estimate of drug-likeness (QED) is 0.746. The van der Waals surface area contributed by atoms with E-state index in [2.05, 4.69) is 6.92 Å². The number of ether oxygens (including phenoxy) is 1. The summed E-state index contributed by atoms with van der Waals surface area (Å²) in [6, 6.07) is 0. The molecule has 0 aromatic carbocycles. The van der Waals surface area contributed by atoms with Gasteiger partial charge in [0.05, 0.1) is 12.7 Å². The van der Waals surface area contributed by atoms with Crippen LogP contribution in [-0.2, 0) is 4.74 Å². The highest BCUT2D eigenvalue weighted by atomic mass is 16.5. The van der Waals surface area contributed by atoms with Crippen molar-refractivity contribution in [3.8, 4) is 0 Å². The summed E-state index contributed by atoms with van der Waals surface area (Å²) in [6.07, 6.45) is 9.00. The van der Waals surface area contributed by atoms with Crippen LogP contribution in [0.25, 0.3) is 0 Å². The van der Waals surface area contributed by atoms with E-state index >= 15 is 0 Å². The summed E-state index contributed by atoms with van der Waals surface area (Å²) in [5.74, 6) is 2.76. The van der Waals surface area contributed by atoms with E-state index in [0.29, 0.717) is 6.61 Å². The average molecular weight is 238 g/mol. The molecule has 1 N–H and O–H groups in total. The minimum atomic E-state index is -0.206. The van der Waals surface area contributed by atoms with E-state index in [-0.39, 0.29) is 11.5 Å². The van der Waals surface area contributed by atoms with Gasteiger partial charge in [0, 0.05) is 6.61 Å². The van der Waals surface area contributed by atoms with E-state index in [0.717, 1.165) is 30.8 Å². The third kappa shape index (κ3) is 2.15. The molecule has 0 radical (unpaired) electrons. The van der Waals surface area contributed by atoms with Crippen LogP contribution in [0.15, 0.2) is 0 Å². The number of aliphatic hydroxyl groups is 1. The topological polar surface area (TPSA) is 29.5 Å². The molecule has 98 valence electrons. The Balaban J connectivity index is 1.64. The van der Waals surface area contributed by atoms with Crippen LogP contribution in [0.1, 0.15) is 51.9 Å². The lowest BCUT2D eigenvalue weighted by Gasteiger charge is -2.58. The molecule has 0 aliphatic heterocycles. The van der Waals surface area contributed by atoms with E-state index in [1.54, 1.807) is 0 Å². The van der Waals surface area contributed by atoms with Gasteiger partial charge in [0.25, 0.3) is 0 Å². The fraction of sp³-hybridized carbons (Fsp3) is 1.00. The Labute approximate surface area is 105 Å². The Morgan fingerprint density at radius 1 is 1.12 bits per heavy atom. The smallest absolute Gasteiger partial charge is 0.0829 e. The van der Waals surface area contributed by atoms with E-state index in [1.807, 2.05) is 0 Å². The Bertz CT molecular complexity index is 239. The van der Waals surface area contributed by atoms with Gasteiger partial charge < -0.3 is 9.84 Å². The van der Waals surface area contributed by atoms with Crippen LogP contribution in [0.5, 0.6) is 0 Å². The zero-order chi connectivity index (χ0) is 11.9. The van der Waals surface area contributed by atoms with Crippen LogP contribution in [0.2, 0.25) is 0 Å². The fourth-order valence-corrected chi connectivity index (χ4v) is 5.10. The first-order valence-electron chi connectivity index (χ1n) is 7.47. The molecule has 4 aliphatic rings. The number of hydrogen-bond donors (Lipinski definition) is 1. The summed E-state index contributed by atoms with van der Waals surface area (Å²) in [6.45, 7) is 3.49.